The second-order valence-electron chi connectivity index (χ2n) is 7.40. The number of benzene rings is 2. The molecule has 2 amide bonds. The van der Waals surface area contributed by atoms with Gasteiger partial charge in [-0.3, -0.25) is 14.8 Å². The fraction of sp³-hybridized carbons (Fsp3) is 0.364. The molecule has 7 heteroatoms. The number of hydroxylamine groups is 1. The minimum Gasteiger partial charge on any atom is -0.489 e. The Labute approximate surface area is 170 Å². The molecular formula is C22H27N3O4. The SMILES string of the molecule is Cc1ccc(C)c(COc2ccc(C(=O)N[C@@H]3CNCC[C@@H]3C(=O)NO)cc2)c1. The van der Waals surface area contributed by atoms with Crippen molar-refractivity contribution in [1.29, 1.82) is 0 Å². The zero-order chi connectivity index (χ0) is 20.8. The summed E-state index contributed by atoms with van der Waals surface area (Å²) in [6.07, 6.45) is 0.544. The topological polar surface area (TPSA) is 99.7 Å². The molecule has 3 rings (SSSR count). The van der Waals surface area contributed by atoms with Crippen molar-refractivity contribution in [1.82, 2.24) is 16.1 Å². The van der Waals surface area contributed by atoms with Crippen molar-refractivity contribution in [2.75, 3.05) is 13.1 Å². The smallest absolute Gasteiger partial charge is 0.251 e. The van der Waals surface area contributed by atoms with E-state index in [0.29, 0.717) is 37.4 Å². The lowest BCUT2D eigenvalue weighted by molar-refractivity contribution is -0.134. The molecule has 0 radical (unpaired) electrons. The van der Waals surface area contributed by atoms with E-state index in [4.69, 9.17) is 9.94 Å². The van der Waals surface area contributed by atoms with E-state index in [1.54, 1.807) is 29.7 Å². The lowest BCUT2D eigenvalue weighted by Gasteiger charge is -2.31. The van der Waals surface area contributed by atoms with Gasteiger partial charge in [0.05, 0.1) is 12.0 Å². The largest absolute Gasteiger partial charge is 0.489 e. The van der Waals surface area contributed by atoms with E-state index >= 15 is 0 Å². The van der Waals surface area contributed by atoms with Gasteiger partial charge in [-0.15, -0.1) is 0 Å². The van der Waals surface area contributed by atoms with Gasteiger partial charge in [-0.1, -0.05) is 23.8 Å². The number of piperidine rings is 1. The van der Waals surface area contributed by atoms with Crippen LogP contribution in [0.2, 0.25) is 0 Å². The van der Waals surface area contributed by atoms with Gasteiger partial charge in [0, 0.05) is 12.1 Å². The molecule has 2 aromatic rings. The molecule has 4 N–H and O–H groups in total. The molecule has 2 atom stereocenters. The minimum absolute atomic E-state index is 0.268. The molecule has 0 spiro atoms. The number of carbonyl (C=O) groups is 2. The molecular weight excluding hydrogens is 370 g/mol. The van der Waals surface area contributed by atoms with E-state index in [-0.39, 0.29) is 11.9 Å². The fourth-order valence-corrected chi connectivity index (χ4v) is 3.48. The number of nitrogens with one attached hydrogen (secondary N) is 3. The molecule has 0 saturated carbocycles. The highest BCUT2D eigenvalue weighted by molar-refractivity contribution is 5.95. The van der Waals surface area contributed by atoms with Gasteiger partial charge in [-0.05, 0) is 62.2 Å². The van der Waals surface area contributed by atoms with E-state index in [2.05, 4.69) is 35.8 Å². The summed E-state index contributed by atoms with van der Waals surface area (Å²) in [6, 6.07) is 12.8. The van der Waals surface area contributed by atoms with E-state index < -0.39 is 11.8 Å². The maximum atomic E-state index is 12.6. The summed E-state index contributed by atoms with van der Waals surface area (Å²) in [4.78, 5) is 24.4. The summed E-state index contributed by atoms with van der Waals surface area (Å²) in [6.45, 7) is 5.70. The van der Waals surface area contributed by atoms with Crippen molar-refractivity contribution in [3.63, 3.8) is 0 Å². The summed E-state index contributed by atoms with van der Waals surface area (Å²) < 4.78 is 5.85. The average Bonchev–Trinajstić information content (AvgIpc) is 2.74. The molecule has 29 heavy (non-hydrogen) atoms. The fourth-order valence-electron chi connectivity index (χ4n) is 3.48. The molecule has 2 aromatic carbocycles. The number of hydrogen-bond acceptors (Lipinski definition) is 5. The van der Waals surface area contributed by atoms with Crippen LogP contribution in [0.5, 0.6) is 5.75 Å². The Kier molecular flexibility index (Phi) is 6.85. The molecule has 0 aromatic heterocycles. The Balaban J connectivity index is 1.59. The summed E-state index contributed by atoms with van der Waals surface area (Å²) >= 11 is 0. The molecule has 1 saturated heterocycles. The quantitative estimate of drug-likeness (QED) is 0.442. The standard InChI is InChI=1S/C22H27N3O4/c1-14-3-4-15(2)17(11-14)13-29-18-7-5-16(6-8-18)21(26)24-20-12-23-10-9-19(20)22(27)25-28/h3-8,11,19-20,23,28H,9-10,12-13H2,1-2H3,(H,24,26)(H,25,27)/t19-,20+/m0/s1. The summed E-state index contributed by atoms with van der Waals surface area (Å²) in [7, 11) is 0. The van der Waals surface area contributed by atoms with Crippen molar-refractivity contribution in [3.8, 4) is 5.75 Å². The third kappa shape index (κ3) is 5.34. The van der Waals surface area contributed by atoms with Crippen molar-refractivity contribution >= 4 is 11.8 Å². The second-order valence-corrected chi connectivity index (χ2v) is 7.40. The van der Waals surface area contributed by atoms with Crippen LogP contribution in [0.4, 0.5) is 0 Å². The number of ether oxygens (including phenoxy) is 1. The van der Waals surface area contributed by atoms with Gasteiger partial charge in [-0.2, -0.15) is 0 Å². The van der Waals surface area contributed by atoms with Crippen LogP contribution in [0.15, 0.2) is 42.5 Å². The minimum atomic E-state index is -0.480. The number of carbonyl (C=O) groups excluding carboxylic acids is 2. The third-order valence-corrected chi connectivity index (χ3v) is 5.26. The number of amides is 2. The van der Waals surface area contributed by atoms with E-state index in [1.807, 2.05) is 6.92 Å². The van der Waals surface area contributed by atoms with Gasteiger partial charge in [0.1, 0.15) is 12.4 Å². The monoisotopic (exact) mass is 397 g/mol. The first kappa shape index (κ1) is 20.8. The van der Waals surface area contributed by atoms with E-state index in [0.717, 1.165) is 5.56 Å². The highest BCUT2D eigenvalue weighted by Gasteiger charge is 2.32. The molecule has 0 aliphatic carbocycles. The predicted octanol–water partition coefficient (Wildman–Crippen LogP) is 2.10. The normalized spacial score (nSPS) is 18.7. The predicted molar refractivity (Wildman–Crippen MR) is 109 cm³/mol. The number of hydrogen-bond donors (Lipinski definition) is 4. The van der Waals surface area contributed by atoms with Crippen LogP contribution in [-0.4, -0.2) is 36.2 Å². The highest BCUT2D eigenvalue weighted by atomic mass is 16.5. The van der Waals surface area contributed by atoms with Crippen LogP contribution in [0.25, 0.3) is 0 Å². The molecule has 7 nitrogen and oxygen atoms in total. The number of rotatable bonds is 6. The Morgan fingerprint density at radius 2 is 1.93 bits per heavy atom. The maximum absolute atomic E-state index is 12.6. The van der Waals surface area contributed by atoms with Crippen molar-refractivity contribution in [2.45, 2.75) is 32.9 Å². The first-order valence-corrected chi connectivity index (χ1v) is 9.72. The van der Waals surface area contributed by atoms with E-state index in [1.165, 1.54) is 11.1 Å². The lowest BCUT2D eigenvalue weighted by atomic mass is 9.91. The summed E-state index contributed by atoms with van der Waals surface area (Å²) in [5.41, 5.74) is 5.66. The van der Waals surface area contributed by atoms with Crippen LogP contribution in [0.1, 0.15) is 33.5 Å². The highest BCUT2D eigenvalue weighted by Crippen LogP contribution is 2.18. The zero-order valence-electron chi connectivity index (χ0n) is 16.7. The molecule has 0 bridgehead atoms. The third-order valence-electron chi connectivity index (χ3n) is 5.26. The molecule has 1 aliphatic rings. The summed E-state index contributed by atoms with van der Waals surface area (Å²) in [5.74, 6) is -0.535. The second kappa shape index (κ2) is 9.54. The Hall–Kier alpha value is -2.90. The van der Waals surface area contributed by atoms with Crippen molar-refractivity contribution in [3.05, 3.63) is 64.7 Å². The molecule has 1 fully saturated rings. The van der Waals surface area contributed by atoms with Crippen LogP contribution in [-0.2, 0) is 11.4 Å². The zero-order valence-corrected chi connectivity index (χ0v) is 16.7. The molecule has 154 valence electrons. The Morgan fingerprint density at radius 1 is 1.17 bits per heavy atom. The van der Waals surface area contributed by atoms with Crippen LogP contribution >= 0.6 is 0 Å². The van der Waals surface area contributed by atoms with Crippen LogP contribution in [0.3, 0.4) is 0 Å². The van der Waals surface area contributed by atoms with Gasteiger partial charge >= 0.3 is 0 Å². The van der Waals surface area contributed by atoms with Gasteiger partial charge in [-0.25, -0.2) is 5.48 Å². The first-order chi connectivity index (χ1) is 14.0. The Bertz CT molecular complexity index is 867. The van der Waals surface area contributed by atoms with Crippen LogP contribution in [0, 0.1) is 19.8 Å². The van der Waals surface area contributed by atoms with Gasteiger partial charge in [0.2, 0.25) is 5.91 Å². The first-order valence-electron chi connectivity index (χ1n) is 9.72. The van der Waals surface area contributed by atoms with Crippen LogP contribution < -0.4 is 20.9 Å². The molecule has 0 unspecified atom stereocenters. The number of aryl methyl sites for hydroxylation is 2. The van der Waals surface area contributed by atoms with Gasteiger partial charge < -0.3 is 15.4 Å². The van der Waals surface area contributed by atoms with Crippen molar-refractivity contribution in [2.24, 2.45) is 5.92 Å². The Morgan fingerprint density at radius 3 is 2.66 bits per heavy atom. The summed E-state index contributed by atoms with van der Waals surface area (Å²) in [5, 5.41) is 14.9. The molecule has 1 heterocycles. The maximum Gasteiger partial charge on any atom is 0.251 e. The van der Waals surface area contributed by atoms with E-state index in [9.17, 15) is 9.59 Å². The van der Waals surface area contributed by atoms with Crippen molar-refractivity contribution < 1.29 is 19.5 Å². The van der Waals surface area contributed by atoms with Gasteiger partial charge in [0.25, 0.3) is 5.91 Å². The lowest BCUT2D eigenvalue weighted by Crippen LogP contribution is -2.55. The molecule has 1 aliphatic heterocycles. The average molecular weight is 397 g/mol. The van der Waals surface area contributed by atoms with Gasteiger partial charge in [0.15, 0.2) is 0 Å².